The molecule has 6 heteroatoms. The van der Waals surface area contributed by atoms with Crippen LogP contribution in [-0.4, -0.2) is 31.5 Å². The van der Waals surface area contributed by atoms with Gasteiger partial charge in [0.1, 0.15) is 0 Å². The van der Waals surface area contributed by atoms with Gasteiger partial charge in [-0.2, -0.15) is 0 Å². The average molecular weight is 288 g/mol. The number of methoxy groups -OCH3 is 2. The number of alkyl halides is 1. The maximum absolute atomic E-state index is 11.9. The van der Waals surface area contributed by atoms with E-state index in [-0.39, 0.29) is 0 Å². The zero-order valence-electron chi connectivity index (χ0n) is 11.7. The molecule has 0 bridgehead atoms. The van der Waals surface area contributed by atoms with E-state index in [1.165, 1.54) is 14.2 Å². The summed E-state index contributed by atoms with van der Waals surface area (Å²) >= 11 is 6.17. The summed E-state index contributed by atoms with van der Waals surface area (Å²) in [4.78, 5) is 23.8. The van der Waals surface area contributed by atoms with E-state index in [1.54, 1.807) is 20.8 Å². The Balaban J connectivity index is 3.37. The third-order valence-electron chi connectivity index (χ3n) is 3.07. The largest absolute Gasteiger partial charge is 0.466 e. The lowest BCUT2D eigenvalue weighted by molar-refractivity contribution is -0.137. The number of allylic oxidation sites excluding steroid dienone is 2. The summed E-state index contributed by atoms with van der Waals surface area (Å²) in [7, 11) is 2.59. The molecule has 1 aliphatic rings. The maximum atomic E-state index is 11.9. The molecule has 0 aromatic carbocycles. The first-order chi connectivity index (χ1) is 8.84. The Kier molecular flexibility index (Phi) is 5.00. The number of hydrogen-bond acceptors (Lipinski definition) is 5. The second-order valence-corrected chi connectivity index (χ2v) is 5.03. The zero-order valence-corrected chi connectivity index (χ0v) is 12.4. The van der Waals surface area contributed by atoms with Crippen molar-refractivity contribution in [3.05, 3.63) is 22.5 Å². The minimum Gasteiger partial charge on any atom is -0.466 e. The second-order valence-electron chi connectivity index (χ2n) is 4.34. The molecule has 1 atom stereocenters. The molecule has 1 N–H and O–H groups in total. The van der Waals surface area contributed by atoms with E-state index in [0.717, 1.165) is 0 Å². The Morgan fingerprint density at radius 3 is 1.74 bits per heavy atom. The molecule has 5 nitrogen and oxygen atoms in total. The number of hydrogen-bond donors (Lipinski definition) is 1. The lowest BCUT2D eigenvalue weighted by Gasteiger charge is -2.31. The van der Waals surface area contributed by atoms with Crippen LogP contribution in [0.5, 0.6) is 0 Å². The first-order valence-electron chi connectivity index (χ1n) is 5.84. The third kappa shape index (κ3) is 2.92. The van der Waals surface area contributed by atoms with Crippen molar-refractivity contribution in [1.29, 1.82) is 0 Å². The van der Waals surface area contributed by atoms with E-state index in [1.807, 2.05) is 0 Å². The molecule has 0 aromatic heterocycles. The highest BCUT2D eigenvalue weighted by Gasteiger charge is 2.38. The van der Waals surface area contributed by atoms with Crippen LogP contribution in [-0.2, 0) is 19.1 Å². The van der Waals surface area contributed by atoms with Crippen LogP contribution in [0.4, 0.5) is 0 Å². The smallest absolute Gasteiger partial charge is 0.336 e. The van der Waals surface area contributed by atoms with Crippen LogP contribution in [0.25, 0.3) is 0 Å². The Morgan fingerprint density at radius 1 is 1.11 bits per heavy atom. The normalized spacial score (nSPS) is 18.0. The van der Waals surface area contributed by atoms with E-state index in [0.29, 0.717) is 22.5 Å². The predicted molar refractivity (Wildman–Crippen MR) is 71.4 cm³/mol. The topological polar surface area (TPSA) is 64.6 Å². The van der Waals surface area contributed by atoms with Crippen molar-refractivity contribution in [1.82, 2.24) is 5.32 Å². The Labute approximate surface area is 117 Å². The molecule has 106 valence electrons. The van der Waals surface area contributed by atoms with Crippen LogP contribution in [0.2, 0.25) is 0 Å². The van der Waals surface area contributed by atoms with Gasteiger partial charge in [0.2, 0.25) is 0 Å². The van der Waals surface area contributed by atoms with Gasteiger partial charge >= 0.3 is 11.9 Å². The van der Waals surface area contributed by atoms with Crippen LogP contribution in [0.3, 0.4) is 0 Å². The van der Waals surface area contributed by atoms with Crippen LogP contribution in [0.1, 0.15) is 20.8 Å². The van der Waals surface area contributed by atoms with Crippen molar-refractivity contribution >= 4 is 23.5 Å². The molecule has 0 amide bonds. The average Bonchev–Trinajstić information content (AvgIpc) is 2.36. The van der Waals surface area contributed by atoms with Gasteiger partial charge < -0.3 is 14.8 Å². The summed E-state index contributed by atoms with van der Waals surface area (Å²) in [5.41, 5.74) is 1.98. The highest BCUT2D eigenvalue weighted by Crippen LogP contribution is 2.35. The number of carbonyl (C=O) groups is 2. The molecule has 0 spiro atoms. The monoisotopic (exact) mass is 287 g/mol. The highest BCUT2D eigenvalue weighted by atomic mass is 35.5. The Hall–Kier alpha value is -1.49. The van der Waals surface area contributed by atoms with Gasteiger partial charge in [0, 0.05) is 22.7 Å². The summed E-state index contributed by atoms with van der Waals surface area (Å²) in [5, 5.41) is 2.54. The predicted octanol–water partition coefficient (Wildman–Crippen LogP) is 1.73. The van der Waals surface area contributed by atoms with Gasteiger partial charge in [-0.1, -0.05) is 0 Å². The van der Waals surface area contributed by atoms with Gasteiger partial charge in [0.05, 0.1) is 25.4 Å². The molecule has 0 saturated carbocycles. The van der Waals surface area contributed by atoms with Crippen molar-refractivity contribution in [3.8, 4) is 0 Å². The fraction of sp³-hybridized carbons (Fsp3) is 0.538. The minimum absolute atomic E-state index is 0.357. The number of carbonyl (C=O) groups excluding carboxylic acids is 2. The molecular weight excluding hydrogens is 270 g/mol. The van der Waals surface area contributed by atoms with Crippen LogP contribution >= 0.6 is 11.6 Å². The molecule has 0 unspecified atom stereocenters. The van der Waals surface area contributed by atoms with Crippen LogP contribution in [0, 0.1) is 5.92 Å². The molecule has 1 rings (SSSR count). The first kappa shape index (κ1) is 15.6. The Bertz CT molecular complexity index is 427. The van der Waals surface area contributed by atoms with E-state index in [2.05, 4.69) is 5.32 Å². The number of ether oxygens (including phenoxy) is 2. The number of nitrogens with one attached hydrogen (secondary N) is 1. The quantitative estimate of drug-likeness (QED) is 0.632. The first-order valence-corrected chi connectivity index (χ1v) is 6.28. The van der Waals surface area contributed by atoms with Crippen molar-refractivity contribution in [2.24, 2.45) is 5.92 Å². The number of rotatable bonds is 3. The minimum atomic E-state index is -0.553. The van der Waals surface area contributed by atoms with Crippen LogP contribution in [0.15, 0.2) is 22.5 Å². The zero-order chi connectivity index (χ0) is 14.7. The van der Waals surface area contributed by atoms with E-state index in [9.17, 15) is 9.59 Å². The van der Waals surface area contributed by atoms with Gasteiger partial charge in [0.15, 0.2) is 0 Å². The summed E-state index contributed by atoms with van der Waals surface area (Å²) in [5.74, 6) is -1.56. The second kappa shape index (κ2) is 6.10. The summed E-state index contributed by atoms with van der Waals surface area (Å²) in [6.07, 6.45) is 0. The standard InChI is InChI=1S/C13H18ClNO4/c1-6(14)9-10(12(16)18-4)7(2)15-8(3)11(9)13(17)19-5/h6,9,15H,1-5H3/t6-/m1/s1. The molecule has 1 aliphatic heterocycles. The molecule has 0 radical (unpaired) electrons. The summed E-state index contributed by atoms with van der Waals surface area (Å²) in [6, 6.07) is 0. The van der Waals surface area contributed by atoms with Crippen LogP contribution < -0.4 is 5.32 Å². The SMILES string of the molecule is COC(=O)C1=C(C)NC(C)=C(C(=O)OC)C1[C@@H](C)Cl. The van der Waals surface area contributed by atoms with E-state index in [4.69, 9.17) is 21.1 Å². The molecule has 0 aromatic rings. The number of esters is 2. The molecule has 19 heavy (non-hydrogen) atoms. The number of dihydropyridines is 1. The van der Waals surface area contributed by atoms with Crippen molar-refractivity contribution in [2.75, 3.05) is 14.2 Å². The third-order valence-corrected chi connectivity index (χ3v) is 3.33. The molecule has 0 fully saturated rings. The molecule has 0 aliphatic carbocycles. The number of halogens is 1. The fourth-order valence-corrected chi connectivity index (χ4v) is 2.52. The van der Waals surface area contributed by atoms with Crippen molar-refractivity contribution in [2.45, 2.75) is 26.1 Å². The Morgan fingerprint density at radius 2 is 1.47 bits per heavy atom. The van der Waals surface area contributed by atoms with E-state index < -0.39 is 23.2 Å². The van der Waals surface area contributed by atoms with Gasteiger partial charge in [-0.3, -0.25) is 0 Å². The lowest BCUT2D eigenvalue weighted by Crippen LogP contribution is -2.36. The van der Waals surface area contributed by atoms with E-state index >= 15 is 0 Å². The molecular formula is C13H18ClNO4. The highest BCUT2D eigenvalue weighted by molar-refractivity contribution is 6.22. The fourth-order valence-electron chi connectivity index (χ4n) is 2.27. The lowest BCUT2D eigenvalue weighted by atomic mass is 9.83. The van der Waals surface area contributed by atoms with Crippen molar-refractivity contribution < 1.29 is 19.1 Å². The van der Waals surface area contributed by atoms with Gasteiger partial charge in [-0.05, 0) is 20.8 Å². The van der Waals surface area contributed by atoms with Crippen molar-refractivity contribution in [3.63, 3.8) is 0 Å². The molecule has 0 saturated heterocycles. The van der Waals surface area contributed by atoms with Gasteiger partial charge in [-0.15, -0.1) is 11.6 Å². The molecule has 1 heterocycles. The van der Waals surface area contributed by atoms with Gasteiger partial charge in [0.25, 0.3) is 0 Å². The summed E-state index contributed by atoms with van der Waals surface area (Å²) < 4.78 is 9.53. The van der Waals surface area contributed by atoms with Gasteiger partial charge in [-0.25, -0.2) is 9.59 Å². The summed E-state index contributed by atoms with van der Waals surface area (Å²) in [6.45, 7) is 5.22. The maximum Gasteiger partial charge on any atom is 0.336 e.